The Balaban J connectivity index is 2.74. The van der Waals surface area contributed by atoms with Crippen molar-refractivity contribution in [2.45, 2.75) is 32.1 Å². The average molecular weight is 201 g/mol. The van der Waals surface area contributed by atoms with Crippen LogP contribution in [0.25, 0.3) is 0 Å². The molecule has 1 heterocycles. The van der Waals surface area contributed by atoms with Crippen molar-refractivity contribution in [3.63, 3.8) is 0 Å². The van der Waals surface area contributed by atoms with Crippen LogP contribution in [-0.2, 0) is 4.79 Å². The molecule has 0 amide bonds. The molecule has 0 bridgehead atoms. The number of hydrogen-bond donors (Lipinski definition) is 2. The molecule has 0 aromatic heterocycles. The maximum atomic E-state index is 11.2. The first-order valence-electron chi connectivity index (χ1n) is 4.80. The molecule has 0 spiro atoms. The number of aliphatic carboxylic acids is 1. The second kappa shape index (κ2) is 3.42. The Morgan fingerprint density at radius 3 is 2.46 bits per heavy atom. The lowest BCUT2D eigenvalue weighted by molar-refractivity contribution is -0.146. The third-order valence-corrected chi connectivity index (χ3v) is 4.30. The number of carboxylic acid groups (broad SMARTS) is 1. The molecule has 1 rings (SSSR count). The van der Waals surface area contributed by atoms with Gasteiger partial charge in [-0.2, -0.15) is 0 Å². The topological polar surface area (TPSA) is 49.3 Å². The summed E-state index contributed by atoms with van der Waals surface area (Å²) in [5.74, 6) is -0.611. The van der Waals surface area contributed by atoms with Gasteiger partial charge in [-0.05, 0) is 19.0 Å². The molecule has 2 N–H and O–H groups in total. The highest BCUT2D eigenvalue weighted by atomic mass is 28.3. The summed E-state index contributed by atoms with van der Waals surface area (Å²) >= 11 is 0. The zero-order valence-electron chi connectivity index (χ0n) is 8.68. The Morgan fingerprint density at radius 1 is 1.54 bits per heavy atom. The Labute approximate surface area is 80.5 Å². The van der Waals surface area contributed by atoms with E-state index in [0.29, 0.717) is 6.54 Å². The number of carbonyl (C=O) groups is 1. The van der Waals surface area contributed by atoms with Crippen molar-refractivity contribution >= 4 is 14.0 Å². The Bertz CT molecular complexity index is 204. The molecule has 0 aliphatic carbocycles. The van der Waals surface area contributed by atoms with Crippen LogP contribution in [0.3, 0.4) is 0 Å². The van der Waals surface area contributed by atoms with E-state index in [-0.39, 0.29) is 0 Å². The van der Waals surface area contributed by atoms with Crippen molar-refractivity contribution in [1.29, 1.82) is 0 Å². The Hall–Kier alpha value is -0.353. The van der Waals surface area contributed by atoms with Crippen molar-refractivity contribution in [3.05, 3.63) is 0 Å². The highest BCUT2D eigenvalue weighted by molar-refractivity contribution is 6.76. The zero-order valence-corrected chi connectivity index (χ0v) is 9.68. The Kier molecular flexibility index (Phi) is 2.82. The van der Waals surface area contributed by atoms with Crippen LogP contribution < -0.4 is 5.32 Å². The van der Waals surface area contributed by atoms with Crippen LogP contribution in [-0.4, -0.2) is 32.2 Å². The minimum atomic E-state index is -1.28. The third-order valence-electron chi connectivity index (χ3n) is 2.57. The van der Waals surface area contributed by atoms with E-state index in [1.54, 1.807) is 0 Å². The fraction of sp³-hybridized carbons (Fsp3) is 0.889. The largest absolute Gasteiger partial charge is 0.481 e. The van der Waals surface area contributed by atoms with E-state index in [1.165, 1.54) is 0 Å². The predicted octanol–water partition coefficient (Wildman–Crippen LogP) is 1.39. The molecule has 1 fully saturated rings. The lowest BCUT2D eigenvalue weighted by Crippen LogP contribution is -2.40. The normalized spacial score (nSPS) is 29.2. The number of carboxylic acids is 1. The molecule has 0 aromatic carbocycles. The van der Waals surface area contributed by atoms with Crippen LogP contribution in [0.2, 0.25) is 25.7 Å². The molecular weight excluding hydrogens is 182 g/mol. The van der Waals surface area contributed by atoms with Crippen molar-refractivity contribution in [1.82, 2.24) is 5.32 Å². The summed E-state index contributed by atoms with van der Waals surface area (Å²) in [4.78, 5) is 11.2. The van der Waals surface area contributed by atoms with E-state index in [4.69, 9.17) is 0 Å². The minimum Gasteiger partial charge on any atom is -0.481 e. The van der Waals surface area contributed by atoms with Gasteiger partial charge in [-0.3, -0.25) is 4.79 Å². The van der Waals surface area contributed by atoms with Crippen molar-refractivity contribution in [3.8, 4) is 0 Å². The summed E-state index contributed by atoms with van der Waals surface area (Å²) in [6.45, 7) is 8.21. The summed E-state index contributed by atoms with van der Waals surface area (Å²) in [5.41, 5.74) is -0.454. The van der Waals surface area contributed by atoms with Gasteiger partial charge in [-0.1, -0.05) is 19.6 Å². The highest BCUT2D eigenvalue weighted by Crippen LogP contribution is 2.35. The van der Waals surface area contributed by atoms with Crippen molar-refractivity contribution in [2.75, 3.05) is 13.1 Å². The standard InChI is InChI=1S/C9H19NO2Si/c1-13(2,3)7-9(8(11)12)4-5-10-6-9/h10H,4-7H2,1-3H3,(H,11,12). The predicted molar refractivity (Wildman–Crippen MR) is 55.7 cm³/mol. The monoisotopic (exact) mass is 201 g/mol. The zero-order chi connectivity index (χ0) is 10.1. The van der Waals surface area contributed by atoms with Crippen LogP contribution in [0.4, 0.5) is 0 Å². The average Bonchev–Trinajstić information content (AvgIpc) is 2.33. The van der Waals surface area contributed by atoms with Crippen molar-refractivity contribution < 1.29 is 9.90 Å². The van der Waals surface area contributed by atoms with Gasteiger partial charge in [-0.15, -0.1) is 0 Å². The summed E-state index contributed by atoms with van der Waals surface area (Å²) in [6, 6.07) is 0.891. The summed E-state index contributed by atoms with van der Waals surface area (Å²) in [5, 5.41) is 12.4. The molecule has 0 aromatic rings. The first-order valence-corrected chi connectivity index (χ1v) is 8.51. The second-order valence-electron chi connectivity index (χ2n) is 5.25. The van der Waals surface area contributed by atoms with E-state index in [2.05, 4.69) is 25.0 Å². The van der Waals surface area contributed by atoms with Gasteiger partial charge in [0.1, 0.15) is 0 Å². The SMILES string of the molecule is C[Si](C)(C)CC1(C(=O)O)CCNC1. The van der Waals surface area contributed by atoms with Gasteiger partial charge in [0.2, 0.25) is 0 Å². The Morgan fingerprint density at radius 2 is 2.15 bits per heavy atom. The van der Waals surface area contributed by atoms with E-state index >= 15 is 0 Å². The molecule has 4 heteroatoms. The van der Waals surface area contributed by atoms with E-state index in [0.717, 1.165) is 19.0 Å². The van der Waals surface area contributed by atoms with Crippen LogP contribution in [0.5, 0.6) is 0 Å². The molecule has 1 atom stereocenters. The van der Waals surface area contributed by atoms with Gasteiger partial charge >= 0.3 is 5.97 Å². The summed E-state index contributed by atoms with van der Waals surface area (Å²) in [6.07, 6.45) is 0.798. The molecule has 0 radical (unpaired) electrons. The molecule has 13 heavy (non-hydrogen) atoms. The first-order chi connectivity index (χ1) is 5.86. The fourth-order valence-electron chi connectivity index (χ4n) is 2.17. The second-order valence-corrected chi connectivity index (χ2v) is 10.7. The smallest absolute Gasteiger partial charge is 0.310 e. The molecule has 1 unspecified atom stereocenters. The quantitative estimate of drug-likeness (QED) is 0.678. The lowest BCUT2D eigenvalue weighted by Gasteiger charge is -2.29. The van der Waals surface area contributed by atoms with E-state index in [9.17, 15) is 9.90 Å². The molecule has 1 aliphatic heterocycles. The van der Waals surface area contributed by atoms with Crippen LogP contribution in [0.1, 0.15) is 6.42 Å². The fourth-order valence-corrected chi connectivity index (χ4v) is 4.65. The van der Waals surface area contributed by atoms with Gasteiger partial charge in [-0.25, -0.2) is 0 Å². The maximum Gasteiger partial charge on any atom is 0.310 e. The number of nitrogens with one attached hydrogen (secondary N) is 1. The van der Waals surface area contributed by atoms with Gasteiger partial charge in [0.15, 0.2) is 0 Å². The summed E-state index contributed by atoms with van der Waals surface area (Å²) in [7, 11) is -1.28. The van der Waals surface area contributed by atoms with E-state index in [1.807, 2.05) is 0 Å². The molecule has 0 saturated carbocycles. The molecular formula is C9H19NO2Si. The van der Waals surface area contributed by atoms with Crippen LogP contribution in [0.15, 0.2) is 0 Å². The van der Waals surface area contributed by atoms with Crippen LogP contribution in [0, 0.1) is 5.41 Å². The third kappa shape index (κ3) is 2.54. The molecule has 1 saturated heterocycles. The molecule has 1 aliphatic rings. The maximum absolute atomic E-state index is 11.2. The lowest BCUT2D eigenvalue weighted by atomic mass is 9.90. The molecule has 76 valence electrons. The highest BCUT2D eigenvalue weighted by Gasteiger charge is 2.44. The van der Waals surface area contributed by atoms with Gasteiger partial charge in [0.05, 0.1) is 5.41 Å². The summed E-state index contributed by atoms with van der Waals surface area (Å²) < 4.78 is 0. The molecule has 3 nitrogen and oxygen atoms in total. The number of rotatable bonds is 3. The minimum absolute atomic E-state index is 0.454. The van der Waals surface area contributed by atoms with Gasteiger partial charge in [0, 0.05) is 14.6 Å². The van der Waals surface area contributed by atoms with Crippen LogP contribution >= 0.6 is 0 Å². The van der Waals surface area contributed by atoms with Crippen molar-refractivity contribution in [2.24, 2.45) is 5.41 Å². The first kappa shape index (κ1) is 10.7. The van der Waals surface area contributed by atoms with E-state index < -0.39 is 19.5 Å². The number of hydrogen-bond acceptors (Lipinski definition) is 2. The van der Waals surface area contributed by atoms with Gasteiger partial charge in [0.25, 0.3) is 0 Å². The van der Waals surface area contributed by atoms with Gasteiger partial charge < -0.3 is 10.4 Å².